The molecule has 7 nitrogen and oxygen atoms in total. The van der Waals surface area contributed by atoms with Gasteiger partial charge in [0.1, 0.15) is 22.6 Å². The van der Waals surface area contributed by atoms with Crippen LogP contribution in [0.4, 0.5) is 5.82 Å². The van der Waals surface area contributed by atoms with Crippen molar-refractivity contribution in [3.63, 3.8) is 0 Å². The lowest BCUT2D eigenvalue weighted by atomic mass is 10.2. The number of amides is 1. The van der Waals surface area contributed by atoms with Crippen LogP contribution >= 0.6 is 0 Å². The zero-order valence-corrected chi connectivity index (χ0v) is 16.6. The highest BCUT2D eigenvalue weighted by Crippen LogP contribution is 2.31. The Kier molecular flexibility index (Phi) is 4.80. The van der Waals surface area contributed by atoms with Crippen LogP contribution in [-0.4, -0.2) is 33.6 Å². The summed E-state index contributed by atoms with van der Waals surface area (Å²) in [7, 11) is 1.61. The highest BCUT2D eigenvalue weighted by Gasteiger charge is 2.25. The number of nitrogen functional groups attached to an aromatic ring is 1. The summed E-state index contributed by atoms with van der Waals surface area (Å²) in [5.74, 6) is 0.787. The summed E-state index contributed by atoms with van der Waals surface area (Å²) in [5.41, 5.74) is 10.1. The minimum absolute atomic E-state index is 0.0229. The number of hydrogen-bond donors (Lipinski definition) is 2. The van der Waals surface area contributed by atoms with Crippen molar-refractivity contribution in [1.29, 1.82) is 0 Å². The molecule has 148 valence electrons. The van der Waals surface area contributed by atoms with Crippen LogP contribution in [0.3, 0.4) is 0 Å². The van der Waals surface area contributed by atoms with Gasteiger partial charge >= 0.3 is 0 Å². The molecule has 1 unspecified atom stereocenters. The summed E-state index contributed by atoms with van der Waals surface area (Å²) < 4.78 is 7.01. The van der Waals surface area contributed by atoms with Gasteiger partial charge in [-0.2, -0.15) is 0 Å². The fourth-order valence-corrected chi connectivity index (χ4v) is 3.28. The van der Waals surface area contributed by atoms with Gasteiger partial charge in [0.15, 0.2) is 5.65 Å². The van der Waals surface area contributed by atoms with Crippen LogP contribution in [0.25, 0.3) is 27.9 Å². The predicted octanol–water partition coefficient (Wildman–Crippen LogP) is 3.69. The van der Waals surface area contributed by atoms with E-state index in [4.69, 9.17) is 20.4 Å². The number of rotatable bonds is 5. The molecule has 0 aliphatic carbocycles. The van der Waals surface area contributed by atoms with Crippen molar-refractivity contribution in [3.8, 4) is 11.4 Å². The first-order valence-corrected chi connectivity index (χ1v) is 9.55. The summed E-state index contributed by atoms with van der Waals surface area (Å²) in [6, 6.07) is 15.0. The molecule has 4 rings (SSSR count). The van der Waals surface area contributed by atoms with Crippen LogP contribution in [0.15, 0.2) is 48.5 Å². The lowest BCUT2D eigenvalue weighted by Gasteiger charge is -2.12. The van der Waals surface area contributed by atoms with Gasteiger partial charge in [0.05, 0.1) is 18.1 Å². The van der Waals surface area contributed by atoms with Gasteiger partial charge in [0.25, 0.3) is 5.91 Å². The van der Waals surface area contributed by atoms with Gasteiger partial charge in [0, 0.05) is 11.7 Å². The molecule has 2 aromatic carbocycles. The summed E-state index contributed by atoms with van der Waals surface area (Å²) in [4.78, 5) is 22.5. The molecule has 0 saturated heterocycles. The Labute approximate surface area is 168 Å². The van der Waals surface area contributed by atoms with E-state index < -0.39 is 0 Å². The number of fused-ring (bicyclic) bond motifs is 2. The number of carbonyl (C=O) groups excluding carboxylic acids is 1. The molecule has 7 heteroatoms. The van der Waals surface area contributed by atoms with Crippen LogP contribution in [0.2, 0.25) is 0 Å². The fourth-order valence-electron chi connectivity index (χ4n) is 3.28. The van der Waals surface area contributed by atoms with E-state index in [-0.39, 0.29) is 11.9 Å². The number of carbonyl (C=O) groups is 1. The number of para-hydroxylation sites is 2. The SMILES string of the molecule is CCC(C)NC(=O)c1c(N)n(-c2ccc(OC)cc2)c2nc3ccccc3nc12. The molecular weight excluding hydrogens is 366 g/mol. The first-order chi connectivity index (χ1) is 14.0. The van der Waals surface area contributed by atoms with Crippen molar-refractivity contribution in [2.75, 3.05) is 12.8 Å². The van der Waals surface area contributed by atoms with Gasteiger partial charge in [-0.25, -0.2) is 9.97 Å². The minimum Gasteiger partial charge on any atom is -0.497 e. The molecule has 3 N–H and O–H groups in total. The van der Waals surface area contributed by atoms with Gasteiger partial charge in [-0.15, -0.1) is 0 Å². The van der Waals surface area contributed by atoms with Crippen LogP contribution in [0.1, 0.15) is 30.6 Å². The largest absolute Gasteiger partial charge is 0.497 e. The monoisotopic (exact) mass is 389 g/mol. The van der Waals surface area contributed by atoms with Gasteiger partial charge < -0.3 is 15.8 Å². The number of methoxy groups -OCH3 is 1. The van der Waals surface area contributed by atoms with Crippen molar-refractivity contribution < 1.29 is 9.53 Å². The van der Waals surface area contributed by atoms with E-state index in [1.165, 1.54) is 0 Å². The second kappa shape index (κ2) is 7.43. The fraction of sp³-hybridized carbons (Fsp3) is 0.227. The molecule has 0 saturated carbocycles. The van der Waals surface area contributed by atoms with E-state index in [1.54, 1.807) is 11.7 Å². The van der Waals surface area contributed by atoms with E-state index in [0.29, 0.717) is 28.1 Å². The highest BCUT2D eigenvalue weighted by molar-refractivity contribution is 6.11. The first-order valence-electron chi connectivity index (χ1n) is 9.55. The predicted molar refractivity (Wildman–Crippen MR) is 115 cm³/mol. The molecule has 1 amide bonds. The molecule has 2 aromatic heterocycles. The third-order valence-electron chi connectivity index (χ3n) is 5.05. The summed E-state index contributed by atoms with van der Waals surface area (Å²) >= 11 is 0. The zero-order chi connectivity index (χ0) is 20.5. The third kappa shape index (κ3) is 3.24. The Morgan fingerprint density at radius 3 is 2.41 bits per heavy atom. The van der Waals surface area contributed by atoms with E-state index in [9.17, 15) is 4.79 Å². The van der Waals surface area contributed by atoms with Crippen LogP contribution in [0, 0.1) is 0 Å². The quantitative estimate of drug-likeness (QED) is 0.543. The van der Waals surface area contributed by atoms with Crippen molar-refractivity contribution >= 4 is 33.9 Å². The maximum absolute atomic E-state index is 13.0. The Morgan fingerprint density at radius 2 is 1.79 bits per heavy atom. The van der Waals surface area contributed by atoms with E-state index in [1.807, 2.05) is 62.4 Å². The molecule has 2 heterocycles. The number of aromatic nitrogens is 3. The molecule has 0 bridgehead atoms. The van der Waals surface area contributed by atoms with Gasteiger partial charge in [-0.1, -0.05) is 19.1 Å². The lowest BCUT2D eigenvalue weighted by Crippen LogP contribution is -2.32. The zero-order valence-electron chi connectivity index (χ0n) is 16.6. The van der Waals surface area contributed by atoms with Crippen LogP contribution in [0.5, 0.6) is 5.75 Å². The van der Waals surface area contributed by atoms with Crippen molar-refractivity contribution in [2.45, 2.75) is 26.3 Å². The molecule has 0 aliphatic heterocycles. The van der Waals surface area contributed by atoms with Gasteiger partial charge in [-0.3, -0.25) is 9.36 Å². The molecule has 29 heavy (non-hydrogen) atoms. The van der Waals surface area contributed by atoms with Crippen LogP contribution < -0.4 is 15.8 Å². The number of nitrogens with one attached hydrogen (secondary N) is 1. The Hall–Kier alpha value is -3.61. The smallest absolute Gasteiger partial charge is 0.257 e. The van der Waals surface area contributed by atoms with E-state index in [2.05, 4.69) is 5.32 Å². The van der Waals surface area contributed by atoms with Crippen molar-refractivity contribution in [3.05, 3.63) is 54.1 Å². The number of hydrogen-bond acceptors (Lipinski definition) is 5. The maximum atomic E-state index is 13.0. The van der Waals surface area contributed by atoms with Crippen LogP contribution in [-0.2, 0) is 0 Å². The standard InChI is InChI=1S/C22H23N5O2/c1-4-13(2)24-22(28)18-19-21(26-17-8-6-5-7-16(17)25-19)27(20(18)23)14-9-11-15(29-3)12-10-14/h5-13H,4,23H2,1-3H3,(H,24,28). The molecule has 0 radical (unpaired) electrons. The van der Waals surface area contributed by atoms with Gasteiger partial charge in [0.2, 0.25) is 0 Å². The van der Waals surface area contributed by atoms with Crippen molar-refractivity contribution in [1.82, 2.24) is 19.9 Å². The number of ether oxygens (including phenoxy) is 1. The topological polar surface area (TPSA) is 95.1 Å². The maximum Gasteiger partial charge on any atom is 0.257 e. The first kappa shape index (κ1) is 18.7. The molecule has 4 aromatic rings. The second-order valence-electron chi connectivity index (χ2n) is 6.96. The average molecular weight is 389 g/mol. The number of nitrogens with two attached hydrogens (primary N) is 1. The second-order valence-corrected chi connectivity index (χ2v) is 6.96. The summed E-state index contributed by atoms with van der Waals surface area (Å²) in [5, 5.41) is 2.99. The summed E-state index contributed by atoms with van der Waals surface area (Å²) in [6.45, 7) is 3.97. The lowest BCUT2D eigenvalue weighted by molar-refractivity contribution is 0.0941. The minimum atomic E-state index is -0.251. The Bertz CT molecular complexity index is 1200. The molecular formula is C22H23N5O2. The molecule has 0 fully saturated rings. The number of anilines is 1. The Morgan fingerprint density at radius 1 is 1.14 bits per heavy atom. The third-order valence-corrected chi connectivity index (χ3v) is 5.05. The normalized spacial score (nSPS) is 12.2. The van der Waals surface area contributed by atoms with Gasteiger partial charge in [-0.05, 0) is 49.7 Å². The molecule has 0 spiro atoms. The molecule has 0 aliphatic rings. The van der Waals surface area contributed by atoms with E-state index >= 15 is 0 Å². The Balaban J connectivity index is 1.99. The highest BCUT2D eigenvalue weighted by atomic mass is 16.5. The average Bonchev–Trinajstić information content (AvgIpc) is 3.02. The summed E-state index contributed by atoms with van der Waals surface area (Å²) in [6.07, 6.45) is 0.817. The number of nitrogens with zero attached hydrogens (tertiary/aromatic N) is 3. The van der Waals surface area contributed by atoms with Crippen molar-refractivity contribution in [2.24, 2.45) is 0 Å². The molecule has 1 atom stereocenters. The number of benzene rings is 2. The van der Waals surface area contributed by atoms with E-state index in [0.717, 1.165) is 23.4 Å².